The van der Waals surface area contributed by atoms with Gasteiger partial charge in [-0.2, -0.15) is 10.1 Å². The highest BCUT2D eigenvalue weighted by atomic mass is 79.9. The second-order valence-electron chi connectivity index (χ2n) is 3.35. The molecule has 6 nitrogen and oxygen atoms in total. The predicted molar refractivity (Wildman–Crippen MR) is 65.4 cm³/mol. The summed E-state index contributed by atoms with van der Waals surface area (Å²) in [5.41, 5.74) is 7.31. The predicted octanol–water partition coefficient (Wildman–Crippen LogP) is 1.61. The summed E-state index contributed by atoms with van der Waals surface area (Å²) in [6, 6.07) is 0. The van der Waals surface area contributed by atoms with Crippen LogP contribution in [0.2, 0.25) is 0 Å². The monoisotopic (exact) mass is 282 g/mol. The summed E-state index contributed by atoms with van der Waals surface area (Å²) in [5.74, 6) is 0.857. The van der Waals surface area contributed by atoms with Gasteiger partial charge in [-0.3, -0.25) is 4.68 Å². The Kier molecular flexibility index (Phi) is 2.78. The van der Waals surface area contributed by atoms with E-state index in [-0.39, 0.29) is 5.95 Å². The van der Waals surface area contributed by atoms with Gasteiger partial charge in [0.2, 0.25) is 5.95 Å². The van der Waals surface area contributed by atoms with Crippen molar-refractivity contribution < 1.29 is 0 Å². The molecule has 3 N–H and O–H groups in total. The highest BCUT2D eigenvalue weighted by Gasteiger charge is 2.07. The zero-order valence-electron chi connectivity index (χ0n) is 8.90. The number of anilines is 3. The SMILES string of the molecule is Cc1nn(C)cc1Nc1nc(N)ncc1Br. The Bertz CT molecular complexity index is 521. The number of aromatic nitrogens is 4. The van der Waals surface area contributed by atoms with Crippen molar-refractivity contribution in [3.63, 3.8) is 0 Å². The van der Waals surface area contributed by atoms with Crippen molar-refractivity contribution in [2.75, 3.05) is 11.1 Å². The van der Waals surface area contributed by atoms with Gasteiger partial charge in [-0.1, -0.05) is 0 Å². The van der Waals surface area contributed by atoms with Crippen LogP contribution in [0.5, 0.6) is 0 Å². The lowest BCUT2D eigenvalue weighted by molar-refractivity contribution is 0.756. The number of nitrogen functional groups attached to an aromatic ring is 1. The van der Waals surface area contributed by atoms with Crippen LogP contribution in [0.1, 0.15) is 5.69 Å². The first-order chi connectivity index (χ1) is 7.56. The maximum atomic E-state index is 5.52. The van der Waals surface area contributed by atoms with Crippen molar-refractivity contribution in [2.45, 2.75) is 6.92 Å². The van der Waals surface area contributed by atoms with Gasteiger partial charge in [-0.15, -0.1) is 0 Å². The Labute approximate surface area is 101 Å². The second-order valence-corrected chi connectivity index (χ2v) is 4.21. The van der Waals surface area contributed by atoms with Crippen LogP contribution in [-0.2, 0) is 7.05 Å². The van der Waals surface area contributed by atoms with Gasteiger partial charge < -0.3 is 11.1 Å². The van der Waals surface area contributed by atoms with E-state index < -0.39 is 0 Å². The minimum absolute atomic E-state index is 0.229. The summed E-state index contributed by atoms with van der Waals surface area (Å²) in [7, 11) is 1.86. The van der Waals surface area contributed by atoms with Crippen LogP contribution >= 0.6 is 15.9 Å². The van der Waals surface area contributed by atoms with E-state index in [1.165, 1.54) is 0 Å². The summed E-state index contributed by atoms with van der Waals surface area (Å²) < 4.78 is 2.49. The fourth-order valence-corrected chi connectivity index (χ4v) is 1.61. The molecule has 2 aromatic rings. The third kappa shape index (κ3) is 2.13. The van der Waals surface area contributed by atoms with E-state index in [1.807, 2.05) is 20.2 Å². The third-order valence-corrected chi connectivity index (χ3v) is 2.61. The lowest BCUT2D eigenvalue weighted by atomic mass is 10.4. The largest absolute Gasteiger partial charge is 0.368 e. The number of halogens is 1. The number of hydrogen-bond donors (Lipinski definition) is 2. The molecule has 0 fully saturated rings. The van der Waals surface area contributed by atoms with Crippen molar-refractivity contribution in [2.24, 2.45) is 7.05 Å². The normalized spacial score (nSPS) is 10.4. The molecule has 0 aliphatic carbocycles. The molecule has 0 aliphatic heterocycles. The second kappa shape index (κ2) is 4.09. The van der Waals surface area contributed by atoms with E-state index in [4.69, 9.17) is 5.73 Å². The molecule has 0 aromatic carbocycles. The molecule has 0 aliphatic rings. The van der Waals surface area contributed by atoms with E-state index >= 15 is 0 Å². The van der Waals surface area contributed by atoms with Crippen LogP contribution in [0.3, 0.4) is 0 Å². The first-order valence-corrected chi connectivity index (χ1v) is 5.41. The van der Waals surface area contributed by atoms with Crippen molar-refractivity contribution in [3.05, 3.63) is 22.6 Å². The molecule has 0 spiro atoms. The number of rotatable bonds is 2. The Morgan fingerprint density at radius 2 is 2.25 bits per heavy atom. The summed E-state index contributed by atoms with van der Waals surface area (Å²) >= 11 is 3.35. The van der Waals surface area contributed by atoms with Gasteiger partial charge >= 0.3 is 0 Å². The third-order valence-electron chi connectivity index (χ3n) is 2.03. The van der Waals surface area contributed by atoms with Gasteiger partial charge in [0.1, 0.15) is 5.82 Å². The smallest absolute Gasteiger partial charge is 0.222 e. The molecule has 2 aromatic heterocycles. The number of aryl methyl sites for hydroxylation is 2. The number of nitrogens with two attached hydrogens (primary N) is 1. The molecule has 16 heavy (non-hydrogen) atoms. The highest BCUT2D eigenvalue weighted by Crippen LogP contribution is 2.24. The number of hydrogen-bond acceptors (Lipinski definition) is 5. The van der Waals surface area contributed by atoms with Crippen LogP contribution in [0.15, 0.2) is 16.9 Å². The van der Waals surface area contributed by atoms with Crippen LogP contribution in [0.25, 0.3) is 0 Å². The van der Waals surface area contributed by atoms with E-state index in [0.29, 0.717) is 5.82 Å². The topological polar surface area (TPSA) is 81.7 Å². The van der Waals surface area contributed by atoms with E-state index in [2.05, 4.69) is 36.3 Å². The zero-order chi connectivity index (χ0) is 11.7. The van der Waals surface area contributed by atoms with Crippen molar-refractivity contribution in [1.29, 1.82) is 0 Å². The van der Waals surface area contributed by atoms with E-state index in [1.54, 1.807) is 10.9 Å². The molecule has 0 amide bonds. The fourth-order valence-electron chi connectivity index (χ4n) is 1.32. The Morgan fingerprint density at radius 3 is 2.88 bits per heavy atom. The first kappa shape index (κ1) is 10.9. The van der Waals surface area contributed by atoms with Crippen LogP contribution < -0.4 is 11.1 Å². The average molecular weight is 283 g/mol. The Hall–Kier alpha value is -1.63. The van der Waals surface area contributed by atoms with E-state index in [9.17, 15) is 0 Å². The molecule has 2 rings (SSSR count). The molecule has 84 valence electrons. The molecule has 0 atom stereocenters. The molecule has 0 unspecified atom stereocenters. The van der Waals surface area contributed by atoms with Crippen molar-refractivity contribution in [1.82, 2.24) is 19.7 Å². The summed E-state index contributed by atoms with van der Waals surface area (Å²) in [6.07, 6.45) is 3.48. The average Bonchev–Trinajstić information content (AvgIpc) is 2.51. The maximum absolute atomic E-state index is 5.52. The summed E-state index contributed by atoms with van der Waals surface area (Å²) in [6.45, 7) is 1.92. The minimum atomic E-state index is 0.229. The van der Waals surface area contributed by atoms with Gasteiger partial charge in [-0.25, -0.2) is 4.98 Å². The molecular weight excluding hydrogens is 272 g/mol. The molecule has 0 saturated heterocycles. The lowest BCUT2D eigenvalue weighted by Crippen LogP contribution is -2.00. The van der Waals surface area contributed by atoms with Crippen LogP contribution in [0.4, 0.5) is 17.5 Å². The van der Waals surface area contributed by atoms with Crippen molar-refractivity contribution in [3.8, 4) is 0 Å². The summed E-state index contributed by atoms with van der Waals surface area (Å²) in [4.78, 5) is 7.96. The molecule has 7 heteroatoms. The number of nitrogens with one attached hydrogen (secondary N) is 1. The molecule has 0 radical (unpaired) electrons. The lowest BCUT2D eigenvalue weighted by Gasteiger charge is -2.05. The van der Waals surface area contributed by atoms with Gasteiger partial charge in [0.05, 0.1) is 15.9 Å². The Morgan fingerprint density at radius 1 is 1.50 bits per heavy atom. The quantitative estimate of drug-likeness (QED) is 0.875. The molecule has 0 saturated carbocycles. The minimum Gasteiger partial charge on any atom is -0.368 e. The van der Waals surface area contributed by atoms with Gasteiger partial charge in [0, 0.05) is 19.4 Å². The van der Waals surface area contributed by atoms with Gasteiger partial charge in [-0.05, 0) is 22.9 Å². The first-order valence-electron chi connectivity index (χ1n) is 4.61. The molecule has 2 heterocycles. The molecule has 0 bridgehead atoms. The fraction of sp³-hybridized carbons (Fsp3) is 0.222. The maximum Gasteiger partial charge on any atom is 0.222 e. The summed E-state index contributed by atoms with van der Waals surface area (Å²) in [5, 5.41) is 7.36. The number of nitrogens with zero attached hydrogens (tertiary/aromatic N) is 4. The van der Waals surface area contributed by atoms with Gasteiger partial charge in [0.25, 0.3) is 0 Å². The standard InChI is InChI=1S/C9H11BrN6/c1-5-7(4-16(2)15-5)13-8-6(10)3-12-9(11)14-8/h3-4H,1-2H3,(H3,11,12,13,14). The molecular formula is C9H11BrN6. The van der Waals surface area contributed by atoms with Crippen LogP contribution in [-0.4, -0.2) is 19.7 Å². The Balaban J connectivity index is 2.33. The highest BCUT2D eigenvalue weighted by molar-refractivity contribution is 9.10. The van der Waals surface area contributed by atoms with Gasteiger partial charge in [0.15, 0.2) is 0 Å². The van der Waals surface area contributed by atoms with Crippen molar-refractivity contribution >= 4 is 33.4 Å². The van der Waals surface area contributed by atoms with Crippen LogP contribution in [0, 0.1) is 6.92 Å². The van der Waals surface area contributed by atoms with E-state index in [0.717, 1.165) is 15.9 Å². The zero-order valence-corrected chi connectivity index (χ0v) is 10.5.